The summed E-state index contributed by atoms with van der Waals surface area (Å²) in [6.07, 6.45) is 6.63. The van der Waals surface area contributed by atoms with E-state index in [1.807, 2.05) is 0 Å². The Morgan fingerprint density at radius 3 is 2.30 bits per heavy atom. The van der Waals surface area contributed by atoms with Crippen LogP contribution in [-0.2, 0) is 6.42 Å². The molecule has 3 rings (SSSR count). The zero-order chi connectivity index (χ0) is 16.2. The van der Waals surface area contributed by atoms with Crippen LogP contribution in [0.2, 0.25) is 0 Å². The van der Waals surface area contributed by atoms with Crippen molar-refractivity contribution in [1.82, 2.24) is 4.90 Å². The molecule has 1 aromatic rings. The summed E-state index contributed by atoms with van der Waals surface area (Å²) in [6, 6.07) is 9.96. The molecule has 0 spiro atoms. The summed E-state index contributed by atoms with van der Waals surface area (Å²) >= 11 is 0. The lowest BCUT2D eigenvalue weighted by Gasteiger charge is -2.43. The molecule has 2 aliphatic heterocycles. The maximum atomic E-state index is 2.79. The van der Waals surface area contributed by atoms with Gasteiger partial charge in [-0.1, -0.05) is 32.9 Å². The molecule has 23 heavy (non-hydrogen) atoms. The first-order chi connectivity index (χ1) is 11.2. The zero-order valence-corrected chi connectivity index (χ0v) is 15.3. The Bertz CT molecular complexity index is 480. The molecule has 128 valence electrons. The fourth-order valence-electron chi connectivity index (χ4n) is 4.41. The van der Waals surface area contributed by atoms with Crippen molar-refractivity contribution in [1.29, 1.82) is 0 Å². The predicted molar refractivity (Wildman–Crippen MR) is 100 cm³/mol. The third-order valence-electron chi connectivity index (χ3n) is 6.18. The van der Waals surface area contributed by atoms with Crippen LogP contribution in [0.15, 0.2) is 24.3 Å². The van der Waals surface area contributed by atoms with Gasteiger partial charge in [0, 0.05) is 24.8 Å². The summed E-state index contributed by atoms with van der Waals surface area (Å²) in [5.41, 5.74) is 2.89. The Hall–Kier alpha value is -1.02. The van der Waals surface area contributed by atoms with Gasteiger partial charge >= 0.3 is 0 Å². The fraction of sp³-hybridized carbons (Fsp3) is 0.714. The van der Waals surface area contributed by atoms with Gasteiger partial charge < -0.3 is 9.80 Å². The molecule has 0 aliphatic carbocycles. The van der Waals surface area contributed by atoms with Crippen molar-refractivity contribution in [2.24, 2.45) is 11.8 Å². The topological polar surface area (TPSA) is 6.48 Å². The van der Waals surface area contributed by atoms with Crippen molar-refractivity contribution >= 4 is 5.69 Å². The van der Waals surface area contributed by atoms with Crippen LogP contribution in [0, 0.1) is 11.8 Å². The van der Waals surface area contributed by atoms with Crippen LogP contribution in [0.3, 0.4) is 0 Å². The van der Waals surface area contributed by atoms with Crippen LogP contribution in [0.25, 0.3) is 0 Å². The van der Waals surface area contributed by atoms with Gasteiger partial charge in [-0.15, -0.1) is 0 Å². The van der Waals surface area contributed by atoms with Crippen molar-refractivity contribution in [2.75, 3.05) is 31.1 Å². The standard InChI is InChI=1S/C21H34N2/c1-4-18-6-5-7-21(16-18)23-14-10-20(11-15-23)22-12-8-19(9-13-22)17(2)3/h5-7,16-17,19-20H,4,8-15H2,1-3H3. The van der Waals surface area contributed by atoms with Gasteiger partial charge in [-0.05, 0) is 74.7 Å². The Morgan fingerprint density at radius 1 is 1.00 bits per heavy atom. The van der Waals surface area contributed by atoms with Gasteiger partial charge in [0.05, 0.1) is 0 Å². The van der Waals surface area contributed by atoms with Crippen molar-refractivity contribution in [2.45, 2.75) is 58.9 Å². The van der Waals surface area contributed by atoms with E-state index >= 15 is 0 Å². The van der Waals surface area contributed by atoms with Crippen LogP contribution in [0.5, 0.6) is 0 Å². The number of hydrogen-bond donors (Lipinski definition) is 0. The molecule has 2 heteroatoms. The van der Waals surface area contributed by atoms with Crippen molar-refractivity contribution in [3.63, 3.8) is 0 Å². The quantitative estimate of drug-likeness (QED) is 0.802. The van der Waals surface area contributed by atoms with Gasteiger partial charge in [0.25, 0.3) is 0 Å². The number of benzene rings is 1. The number of rotatable bonds is 4. The molecule has 2 fully saturated rings. The number of likely N-dealkylation sites (tertiary alicyclic amines) is 1. The highest BCUT2D eigenvalue weighted by Crippen LogP contribution is 2.29. The van der Waals surface area contributed by atoms with E-state index in [2.05, 4.69) is 54.8 Å². The second kappa shape index (κ2) is 7.70. The minimum absolute atomic E-state index is 0.828. The van der Waals surface area contributed by atoms with Gasteiger partial charge in [-0.25, -0.2) is 0 Å². The molecule has 2 heterocycles. The first-order valence-corrected chi connectivity index (χ1v) is 9.75. The molecule has 0 bridgehead atoms. The number of nitrogens with zero attached hydrogens (tertiary/aromatic N) is 2. The van der Waals surface area contributed by atoms with E-state index in [0.29, 0.717) is 0 Å². The fourth-order valence-corrected chi connectivity index (χ4v) is 4.41. The Labute approximate surface area is 142 Å². The first kappa shape index (κ1) is 16.8. The average Bonchev–Trinajstić information content (AvgIpc) is 2.62. The minimum atomic E-state index is 0.828. The van der Waals surface area contributed by atoms with Gasteiger partial charge in [-0.3, -0.25) is 0 Å². The molecule has 2 saturated heterocycles. The Balaban J connectivity index is 1.51. The molecule has 2 aliphatic rings. The molecule has 1 aromatic carbocycles. The van der Waals surface area contributed by atoms with Gasteiger partial charge in [0.15, 0.2) is 0 Å². The molecule has 0 amide bonds. The molecule has 0 atom stereocenters. The molecule has 0 radical (unpaired) electrons. The molecule has 0 N–H and O–H groups in total. The lowest BCUT2D eigenvalue weighted by atomic mass is 9.85. The molecule has 2 nitrogen and oxygen atoms in total. The van der Waals surface area contributed by atoms with Crippen molar-refractivity contribution in [3.05, 3.63) is 29.8 Å². The Morgan fingerprint density at radius 2 is 1.70 bits per heavy atom. The number of aryl methyl sites for hydroxylation is 1. The lowest BCUT2D eigenvalue weighted by Crippen LogP contribution is -2.48. The largest absolute Gasteiger partial charge is 0.371 e. The van der Waals surface area contributed by atoms with Crippen molar-refractivity contribution < 1.29 is 0 Å². The highest BCUT2D eigenvalue weighted by atomic mass is 15.2. The number of piperidine rings is 2. The summed E-state index contributed by atoms with van der Waals surface area (Å²) in [7, 11) is 0. The average molecular weight is 315 g/mol. The van der Waals surface area contributed by atoms with Gasteiger partial charge in [-0.2, -0.15) is 0 Å². The highest BCUT2D eigenvalue weighted by Gasteiger charge is 2.29. The van der Waals surface area contributed by atoms with E-state index in [-0.39, 0.29) is 0 Å². The Kier molecular flexibility index (Phi) is 5.63. The normalized spacial score (nSPS) is 22.0. The van der Waals surface area contributed by atoms with E-state index in [4.69, 9.17) is 0 Å². The lowest BCUT2D eigenvalue weighted by molar-refractivity contribution is 0.101. The summed E-state index contributed by atoms with van der Waals surface area (Å²) in [5.74, 6) is 1.83. The smallest absolute Gasteiger partial charge is 0.0368 e. The first-order valence-electron chi connectivity index (χ1n) is 9.75. The van der Waals surface area contributed by atoms with Gasteiger partial charge in [0.1, 0.15) is 0 Å². The van der Waals surface area contributed by atoms with Gasteiger partial charge in [0.2, 0.25) is 0 Å². The monoisotopic (exact) mass is 314 g/mol. The second-order valence-corrected chi connectivity index (χ2v) is 7.86. The summed E-state index contributed by atoms with van der Waals surface area (Å²) in [6.45, 7) is 12.1. The highest BCUT2D eigenvalue weighted by molar-refractivity contribution is 5.49. The molecule has 0 aromatic heterocycles. The molecule has 0 unspecified atom stereocenters. The van der Waals surface area contributed by atoms with E-state index in [1.54, 1.807) is 0 Å². The third kappa shape index (κ3) is 4.09. The molecular formula is C21H34N2. The summed E-state index contributed by atoms with van der Waals surface area (Å²) < 4.78 is 0. The molecule has 0 saturated carbocycles. The van der Waals surface area contributed by atoms with Crippen LogP contribution < -0.4 is 4.90 Å². The summed E-state index contributed by atoms with van der Waals surface area (Å²) in [5, 5.41) is 0. The number of hydrogen-bond acceptors (Lipinski definition) is 2. The van der Waals surface area contributed by atoms with E-state index in [9.17, 15) is 0 Å². The van der Waals surface area contributed by atoms with Crippen LogP contribution in [0.1, 0.15) is 52.0 Å². The predicted octanol–water partition coefficient (Wildman–Crippen LogP) is 4.59. The van der Waals surface area contributed by atoms with E-state index in [1.165, 1.54) is 63.1 Å². The second-order valence-electron chi connectivity index (χ2n) is 7.86. The van der Waals surface area contributed by atoms with Crippen LogP contribution >= 0.6 is 0 Å². The van der Waals surface area contributed by atoms with Crippen LogP contribution in [-0.4, -0.2) is 37.1 Å². The maximum absolute atomic E-state index is 2.79. The zero-order valence-electron chi connectivity index (χ0n) is 15.3. The minimum Gasteiger partial charge on any atom is -0.371 e. The summed E-state index contributed by atoms with van der Waals surface area (Å²) in [4.78, 5) is 5.38. The van der Waals surface area contributed by atoms with E-state index < -0.39 is 0 Å². The third-order valence-corrected chi connectivity index (χ3v) is 6.18. The number of anilines is 1. The molecular weight excluding hydrogens is 280 g/mol. The maximum Gasteiger partial charge on any atom is 0.0368 e. The van der Waals surface area contributed by atoms with Crippen LogP contribution in [0.4, 0.5) is 5.69 Å². The van der Waals surface area contributed by atoms with E-state index in [0.717, 1.165) is 24.3 Å². The van der Waals surface area contributed by atoms with Crippen molar-refractivity contribution in [3.8, 4) is 0 Å². The SMILES string of the molecule is CCc1cccc(N2CCC(N3CCC(C(C)C)CC3)CC2)c1.